The number of nitrogens with two attached hydrogens (primary N) is 3. The molecular formula is C50H65Cl4N15O9. The summed E-state index contributed by atoms with van der Waals surface area (Å²) >= 11 is 25.9. The molecular weight excluding hydrogens is 1100 g/mol. The van der Waals surface area contributed by atoms with Gasteiger partial charge in [-0.3, -0.25) is 48.1 Å². The van der Waals surface area contributed by atoms with Crippen LogP contribution in [-0.4, -0.2) is 141 Å². The largest absolute Gasteiger partial charge is 0.370 e. The monoisotopic (exact) mass is 1160 g/mol. The smallest absolute Gasteiger partial charge is 0.245 e. The maximum Gasteiger partial charge on any atom is 0.245 e. The normalized spacial score (nSPS) is 19.9. The van der Waals surface area contributed by atoms with E-state index in [0.717, 1.165) is 10.9 Å². The highest BCUT2D eigenvalue weighted by Crippen LogP contribution is 2.38. The number of fused-ring (bicyclic) bond motifs is 1. The van der Waals surface area contributed by atoms with Gasteiger partial charge in [-0.15, -0.1) is 0 Å². The number of halogens is 4. The van der Waals surface area contributed by atoms with E-state index in [4.69, 9.17) is 63.6 Å². The van der Waals surface area contributed by atoms with Gasteiger partial charge in [-0.2, -0.15) is 0 Å². The van der Waals surface area contributed by atoms with Crippen LogP contribution in [0.2, 0.25) is 20.1 Å². The summed E-state index contributed by atoms with van der Waals surface area (Å²) in [6.45, 7) is 2.49. The van der Waals surface area contributed by atoms with Gasteiger partial charge in [0.25, 0.3) is 0 Å². The molecule has 0 saturated carbocycles. The Morgan fingerprint density at radius 1 is 0.808 bits per heavy atom. The molecule has 1 aliphatic heterocycles. The molecule has 9 amide bonds. The van der Waals surface area contributed by atoms with E-state index in [1.807, 2.05) is 25.1 Å². The standard InChI is InChI=1S/C50H65Cl4N15O9/c1-3-4-11-33(63-26(2)70)44(73)67-37-21-40(72)59-14-7-8-16-69(24-39(55)71)49(78)38(19-28-22-61-32-12-6-5-10-30(28)32)68-45(74)34(13-9-15-60-50(56)57)64-46(75)35(18-27-17-31(51)42(53)43(54)41(27)52)65-47(76)36(66-48(37)77)20-29-23-58-25-62-29/h5-6,10,12,17,22-23,25,33-38,61H,3-4,7-9,11,13-16,18-21,24H2,1-2H3,(H2,55,71)(H,58,62)(H,59,72)(H,63,70)(H,64,75)(H,65,76)(H,66,77)(H,67,73)(H,68,74)(H4,56,57,60)/t33-,34-,35+,36-,37-,38-/m0/s1. The summed E-state index contributed by atoms with van der Waals surface area (Å²) < 4.78 is 0. The highest BCUT2D eigenvalue weighted by atomic mass is 35.5. The number of primary amides is 1. The first-order valence-corrected chi connectivity index (χ1v) is 26.7. The number of aromatic amines is 2. The van der Waals surface area contributed by atoms with Gasteiger partial charge in [-0.25, -0.2) is 4.98 Å². The molecule has 422 valence electrons. The lowest BCUT2D eigenvalue weighted by atomic mass is 10.0. The van der Waals surface area contributed by atoms with Gasteiger partial charge < -0.3 is 69.3 Å². The molecule has 1 fully saturated rings. The maximum absolute atomic E-state index is 14.9. The summed E-state index contributed by atoms with van der Waals surface area (Å²) in [4.78, 5) is 141. The Morgan fingerprint density at radius 2 is 1.47 bits per heavy atom. The van der Waals surface area contributed by atoms with Crippen LogP contribution in [0.15, 0.2) is 54.0 Å². The van der Waals surface area contributed by atoms with Crippen molar-refractivity contribution in [3.63, 3.8) is 0 Å². The molecule has 0 radical (unpaired) electrons. The molecule has 2 aromatic carbocycles. The topological polar surface area (TPSA) is 376 Å². The van der Waals surface area contributed by atoms with Crippen molar-refractivity contribution >= 4 is 116 Å². The Labute approximate surface area is 469 Å². The van der Waals surface area contributed by atoms with Crippen LogP contribution in [0.1, 0.15) is 82.0 Å². The number of carbonyl (C=O) groups excluding carboxylic acids is 9. The second-order valence-corrected chi connectivity index (χ2v) is 20.2. The van der Waals surface area contributed by atoms with Gasteiger partial charge in [0, 0.05) is 74.8 Å². The summed E-state index contributed by atoms with van der Waals surface area (Å²) in [6.07, 6.45) is 4.70. The lowest BCUT2D eigenvalue weighted by Gasteiger charge is -2.30. The zero-order chi connectivity index (χ0) is 57.1. The lowest BCUT2D eigenvalue weighted by molar-refractivity contribution is -0.139. The highest BCUT2D eigenvalue weighted by molar-refractivity contribution is 6.52. The molecule has 6 atom stereocenters. The second-order valence-electron chi connectivity index (χ2n) is 18.6. The Kier molecular flexibility index (Phi) is 23.8. The van der Waals surface area contributed by atoms with Gasteiger partial charge in [0.2, 0.25) is 53.2 Å². The molecule has 1 aliphatic rings. The third kappa shape index (κ3) is 18.5. The number of para-hydroxylation sites is 1. The first-order chi connectivity index (χ1) is 37.1. The van der Waals surface area contributed by atoms with Crippen molar-refractivity contribution in [1.29, 1.82) is 0 Å². The number of benzene rings is 2. The molecule has 78 heavy (non-hydrogen) atoms. The van der Waals surface area contributed by atoms with Crippen molar-refractivity contribution in [3.8, 4) is 0 Å². The van der Waals surface area contributed by atoms with E-state index in [1.54, 1.807) is 12.3 Å². The number of guanidine groups is 1. The SMILES string of the molecule is CCCC[C@H](NC(C)=O)C(=O)N[C@H]1CC(=O)NCCCCN(CC(N)=O)C(=O)[C@H](Cc2c[nH]c3ccccc23)NC(=O)[C@H](CCCN=C(N)N)NC(=O)[C@@H](Cc2cc(Cl)c(Cl)c(Cl)c2Cl)NC(=O)[C@H](Cc2cnc[nH]2)NC1=O. The highest BCUT2D eigenvalue weighted by Gasteiger charge is 2.36. The number of amides is 9. The fourth-order valence-corrected chi connectivity index (χ4v) is 9.52. The van der Waals surface area contributed by atoms with Gasteiger partial charge >= 0.3 is 0 Å². The van der Waals surface area contributed by atoms with Crippen LogP contribution in [0, 0.1) is 0 Å². The number of rotatable bonds is 18. The molecule has 24 nitrogen and oxygen atoms in total. The molecule has 28 heteroatoms. The van der Waals surface area contributed by atoms with E-state index in [9.17, 15) is 43.2 Å². The number of nitrogens with zero attached hydrogens (tertiary/aromatic N) is 3. The molecule has 1 saturated heterocycles. The fourth-order valence-electron chi connectivity index (χ4n) is 8.60. The van der Waals surface area contributed by atoms with E-state index in [-0.39, 0.29) is 96.2 Å². The van der Waals surface area contributed by atoms with Crippen molar-refractivity contribution in [2.75, 3.05) is 26.2 Å². The molecule has 0 aliphatic carbocycles. The van der Waals surface area contributed by atoms with Crippen molar-refractivity contribution in [2.45, 2.75) is 121 Å². The molecule has 15 N–H and O–H groups in total. The number of hydrogen-bond acceptors (Lipinski definition) is 11. The van der Waals surface area contributed by atoms with Crippen molar-refractivity contribution in [2.24, 2.45) is 22.2 Å². The molecule has 0 unspecified atom stereocenters. The fraction of sp³-hybridized carbons (Fsp3) is 0.460. The van der Waals surface area contributed by atoms with Crippen LogP contribution in [-0.2, 0) is 62.4 Å². The average molecular weight is 1160 g/mol. The minimum absolute atomic E-state index is 0.00176. The summed E-state index contributed by atoms with van der Waals surface area (Å²) in [5, 5.41) is 18.9. The van der Waals surface area contributed by atoms with Crippen LogP contribution < -0.4 is 54.4 Å². The van der Waals surface area contributed by atoms with Crippen LogP contribution in [0.3, 0.4) is 0 Å². The third-order valence-corrected chi connectivity index (χ3v) is 14.3. The molecule has 0 bridgehead atoms. The van der Waals surface area contributed by atoms with E-state index < -0.39 is 109 Å². The summed E-state index contributed by atoms with van der Waals surface area (Å²) in [5.74, 6) is -7.63. The number of aromatic nitrogens is 3. The number of imidazole rings is 1. The van der Waals surface area contributed by atoms with Gasteiger partial charge in [0.15, 0.2) is 5.96 Å². The minimum Gasteiger partial charge on any atom is -0.370 e. The van der Waals surface area contributed by atoms with Crippen LogP contribution in [0.25, 0.3) is 10.9 Å². The predicted molar refractivity (Wildman–Crippen MR) is 294 cm³/mol. The number of hydrogen-bond donors (Lipinski definition) is 12. The van der Waals surface area contributed by atoms with Crippen LogP contribution in [0.5, 0.6) is 0 Å². The Bertz CT molecular complexity index is 2830. The van der Waals surface area contributed by atoms with Gasteiger partial charge in [0.1, 0.15) is 36.3 Å². The van der Waals surface area contributed by atoms with E-state index in [1.165, 1.54) is 30.4 Å². The number of carbonyl (C=O) groups is 9. The second kappa shape index (κ2) is 30.1. The summed E-state index contributed by atoms with van der Waals surface area (Å²) in [5.41, 5.74) is 18.7. The van der Waals surface area contributed by atoms with E-state index in [0.29, 0.717) is 24.1 Å². The first kappa shape index (κ1) is 61.7. The zero-order valence-corrected chi connectivity index (χ0v) is 46.0. The van der Waals surface area contributed by atoms with Crippen molar-refractivity contribution < 1.29 is 43.2 Å². The number of nitrogens with one attached hydrogen (secondary N) is 9. The Balaban J connectivity index is 1.63. The molecule has 4 aromatic rings. The van der Waals surface area contributed by atoms with Gasteiger partial charge in [0.05, 0.1) is 39.4 Å². The zero-order valence-electron chi connectivity index (χ0n) is 42.9. The van der Waals surface area contributed by atoms with Crippen LogP contribution in [0.4, 0.5) is 0 Å². The average Bonchev–Trinajstić information content (AvgIpc) is 4.08. The van der Waals surface area contributed by atoms with E-state index in [2.05, 4.69) is 57.2 Å². The molecule has 2 aromatic heterocycles. The predicted octanol–water partition coefficient (Wildman–Crippen LogP) is 1.32. The molecule has 3 heterocycles. The number of aliphatic imine (C=N–C) groups is 1. The third-order valence-electron chi connectivity index (χ3n) is 12.5. The van der Waals surface area contributed by atoms with Crippen molar-refractivity contribution in [3.05, 3.63) is 86.0 Å². The minimum atomic E-state index is -1.66. The number of unbranched alkanes of at least 4 members (excludes halogenated alkanes) is 1. The molecule has 5 rings (SSSR count). The maximum atomic E-state index is 14.9. The van der Waals surface area contributed by atoms with Gasteiger partial charge in [-0.05, 0) is 55.4 Å². The van der Waals surface area contributed by atoms with Gasteiger partial charge in [-0.1, -0.05) is 84.4 Å². The number of H-pyrrole nitrogens is 2. The Morgan fingerprint density at radius 3 is 2.15 bits per heavy atom. The molecule has 0 spiro atoms. The summed E-state index contributed by atoms with van der Waals surface area (Å²) in [6, 6.07) is -0.204. The lowest BCUT2D eigenvalue weighted by Crippen LogP contribution is -2.61. The quantitative estimate of drug-likeness (QED) is 0.0221. The van der Waals surface area contributed by atoms with E-state index >= 15 is 0 Å². The summed E-state index contributed by atoms with van der Waals surface area (Å²) in [7, 11) is 0. The van der Waals surface area contributed by atoms with Crippen LogP contribution >= 0.6 is 46.4 Å². The first-order valence-electron chi connectivity index (χ1n) is 25.2. The Hall–Kier alpha value is -7.15. The van der Waals surface area contributed by atoms with Crippen molar-refractivity contribution in [1.82, 2.24) is 57.1 Å².